The van der Waals surface area contributed by atoms with Crippen LogP contribution >= 0.6 is 0 Å². The van der Waals surface area contributed by atoms with E-state index in [-0.39, 0.29) is 11.5 Å². The van der Waals surface area contributed by atoms with Gasteiger partial charge in [0.2, 0.25) is 0 Å². The van der Waals surface area contributed by atoms with Crippen molar-refractivity contribution < 1.29 is 15.3 Å². The van der Waals surface area contributed by atoms with E-state index in [2.05, 4.69) is 19.9 Å². The van der Waals surface area contributed by atoms with Gasteiger partial charge in [-0.05, 0) is 47.2 Å². The molecular weight excluding hydrogens is 240 g/mol. The Kier molecular flexibility index (Phi) is 3.65. The molecule has 0 aromatic heterocycles. The van der Waals surface area contributed by atoms with Crippen LogP contribution in [0.3, 0.4) is 0 Å². The Balaban J connectivity index is 2.65. The van der Waals surface area contributed by atoms with E-state index in [1.54, 1.807) is 0 Å². The molecule has 100 valence electrons. The van der Waals surface area contributed by atoms with Crippen molar-refractivity contribution >= 4 is 0 Å². The molecule has 2 rings (SSSR count). The zero-order chi connectivity index (χ0) is 14.0. The van der Waals surface area contributed by atoms with Crippen molar-refractivity contribution in [2.75, 3.05) is 0 Å². The maximum atomic E-state index is 9.62. The molecule has 0 heterocycles. The fraction of sp³-hybridized carbons (Fsp3) is 0.250. The van der Waals surface area contributed by atoms with E-state index in [9.17, 15) is 15.3 Å². The first-order chi connectivity index (χ1) is 9.08. The molecule has 0 fully saturated rings. The number of rotatable bonds is 3. The highest BCUT2D eigenvalue weighted by molar-refractivity contribution is 5.73. The van der Waals surface area contributed by atoms with E-state index in [4.69, 9.17) is 0 Å². The number of phenolic OH excluding ortho intramolecular Hbond substituents is 3. The predicted octanol–water partition coefficient (Wildman–Crippen LogP) is 3.60. The summed E-state index contributed by atoms with van der Waals surface area (Å²) in [6.45, 7) is 4.18. The first-order valence-electron chi connectivity index (χ1n) is 6.44. The smallest absolute Gasteiger partial charge is 0.200 e. The molecule has 0 unspecified atom stereocenters. The average Bonchev–Trinajstić information content (AvgIpc) is 2.43. The van der Waals surface area contributed by atoms with E-state index in [1.807, 2.05) is 12.1 Å². The van der Waals surface area contributed by atoms with Crippen LogP contribution in [0.2, 0.25) is 0 Å². The van der Waals surface area contributed by atoms with Gasteiger partial charge in [-0.1, -0.05) is 32.0 Å². The number of hydrogen-bond acceptors (Lipinski definition) is 3. The molecule has 19 heavy (non-hydrogen) atoms. The van der Waals surface area contributed by atoms with Crippen LogP contribution in [-0.2, 0) is 12.8 Å². The van der Waals surface area contributed by atoms with Gasteiger partial charge < -0.3 is 15.3 Å². The van der Waals surface area contributed by atoms with Crippen molar-refractivity contribution in [1.82, 2.24) is 0 Å². The first-order valence-corrected chi connectivity index (χ1v) is 6.44. The van der Waals surface area contributed by atoms with Gasteiger partial charge in [0, 0.05) is 0 Å². The third-order valence-corrected chi connectivity index (χ3v) is 3.39. The molecule has 0 radical (unpaired) electrons. The molecule has 2 aromatic carbocycles. The highest BCUT2D eigenvalue weighted by Crippen LogP contribution is 2.40. The molecule has 3 heteroatoms. The number of aryl methyl sites for hydroxylation is 1. The Morgan fingerprint density at radius 3 is 2.05 bits per heavy atom. The summed E-state index contributed by atoms with van der Waals surface area (Å²) in [5.41, 5.74) is 4.15. The van der Waals surface area contributed by atoms with Crippen LogP contribution in [0.25, 0.3) is 11.1 Å². The monoisotopic (exact) mass is 258 g/mol. The maximum absolute atomic E-state index is 9.62. The molecule has 0 atom stereocenters. The van der Waals surface area contributed by atoms with Crippen LogP contribution in [0.15, 0.2) is 30.3 Å². The van der Waals surface area contributed by atoms with E-state index in [1.165, 1.54) is 23.3 Å². The van der Waals surface area contributed by atoms with Crippen LogP contribution < -0.4 is 0 Å². The van der Waals surface area contributed by atoms with Gasteiger partial charge in [0.15, 0.2) is 17.2 Å². The lowest BCUT2D eigenvalue weighted by Crippen LogP contribution is -1.94. The molecule has 3 nitrogen and oxygen atoms in total. The van der Waals surface area contributed by atoms with E-state index in [0.29, 0.717) is 5.56 Å². The minimum Gasteiger partial charge on any atom is -0.504 e. The number of phenols is 3. The second-order valence-electron chi connectivity index (χ2n) is 4.51. The van der Waals surface area contributed by atoms with Crippen LogP contribution in [-0.4, -0.2) is 15.3 Å². The zero-order valence-electron chi connectivity index (χ0n) is 11.1. The summed E-state index contributed by atoms with van der Waals surface area (Å²) in [7, 11) is 0. The lowest BCUT2D eigenvalue weighted by atomic mass is 9.92. The van der Waals surface area contributed by atoms with E-state index < -0.39 is 5.75 Å². The van der Waals surface area contributed by atoms with Gasteiger partial charge in [0.1, 0.15) is 0 Å². The molecule has 0 saturated carbocycles. The SMILES string of the molecule is CCc1cccc(-c2cc(O)c(O)c(O)c2)c1CC. The summed E-state index contributed by atoms with van der Waals surface area (Å²) in [5.74, 6) is -1.09. The molecule has 2 aromatic rings. The lowest BCUT2D eigenvalue weighted by molar-refractivity contribution is 0.368. The summed E-state index contributed by atoms with van der Waals surface area (Å²) >= 11 is 0. The van der Waals surface area contributed by atoms with Crippen molar-refractivity contribution in [3.8, 4) is 28.4 Å². The van der Waals surface area contributed by atoms with Crippen molar-refractivity contribution in [3.63, 3.8) is 0 Å². The third-order valence-electron chi connectivity index (χ3n) is 3.39. The van der Waals surface area contributed by atoms with Crippen molar-refractivity contribution in [3.05, 3.63) is 41.5 Å². The summed E-state index contributed by atoms with van der Waals surface area (Å²) in [6.07, 6.45) is 1.81. The first kappa shape index (κ1) is 13.3. The van der Waals surface area contributed by atoms with Gasteiger partial charge in [-0.15, -0.1) is 0 Å². The molecule has 0 amide bonds. The minimum atomic E-state index is -0.478. The summed E-state index contributed by atoms with van der Waals surface area (Å²) in [5, 5.41) is 28.6. The third kappa shape index (κ3) is 2.36. The van der Waals surface area contributed by atoms with Crippen molar-refractivity contribution in [2.45, 2.75) is 26.7 Å². The molecule has 0 spiro atoms. The van der Waals surface area contributed by atoms with Crippen LogP contribution in [0.4, 0.5) is 0 Å². The lowest BCUT2D eigenvalue weighted by Gasteiger charge is -2.14. The van der Waals surface area contributed by atoms with Gasteiger partial charge in [0.05, 0.1) is 0 Å². The number of benzene rings is 2. The van der Waals surface area contributed by atoms with Gasteiger partial charge in [-0.2, -0.15) is 0 Å². The molecule has 3 N–H and O–H groups in total. The zero-order valence-corrected chi connectivity index (χ0v) is 11.1. The predicted molar refractivity (Wildman–Crippen MR) is 75.6 cm³/mol. The second kappa shape index (κ2) is 5.22. The topological polar surface area (TPSA) is 60.7 Å². The largest absolute Gasteiger partial charge is 0.504 e. The van der Waals surface area contributed by atoms with Gasteiger partial charge >= 0.3 is 0 Å². The minimum absolute atomic E-state index is 0.307. The summed E-state index contributed by atoms with van der Waals surface area (Å²) in [6, 6.07) is 8.96. The Morgan fingerprint density at radius 2 is 1.53 bits per heavy atom. The quantitative estimate of drug-likeness (QED) is 0.737. The fourth-order valence-electron chi connectivity index (χ4n) is 2.41. The normalized spacial score (nSPS) is 10.6. The Bertz CT molecular complexity index is 580. The van der Waals surface area contributed by atoms with E-state index >= 15 is 0 Å². The Morgan fingerprint density at radius 1 is 0.895 bits per heavy atom. The standard InChI is InChI=1S/C16H18O3/c1-3-10-6-5-7-13(12(10)4-2)11-8-14(17)16(19)15(18)9-11/h5-9,17-19H,3-4H2,1-2H3. The van der Waals surface area contributed by atoms with Crippen molar-refractivity contribution in [2.24, 2.45) is 0 Å². The number of hydrogen-bond donors (Lipinski definition) is 3. The second-order valence-corrected chi connectivity index (χ2v) is 4.51. The van der Waals surface area contributed by atoms with Crippen LogP contribution in [0, 0.1) is 0 Å². The van der Waals surface area contributed by atoms with E-state index in [0.717, 1.165) is 18.4 Å². The molecule has 0 bridgehead atoms. The van der Waals surface area contributed by atoms with Crippen LogP contribution in [0.5, 0.6) is 17.2 Å². The van der Waals surface area contributed by atoms with Gasteiger partial charge in [-0.3, -0.25) is 0 Å². The molecular formula is C16H18O3. The Hall–Kier alpha value is -2.16. The molecule has 0 aliphatic heterocycles. The maximum Gasteiger partial charge on any atom is 0.200 e. The molecule has 0 aliphatic rings. The van der Waals surface area contributed by atoms with Gasteiger partial charge in [0.25, 0.3) is 0 Å². The Labute approximate surface area is 112 Å². The summed E-state index contributed by atoms with van der Waals surface area (Å²) in [4.78, 5) is 0. The van der Waals surface area contributed by atoms with Crippen LogP contribution in [0.1, 0.15) is 25.0 Å². The number of aromatic hydroxyl groups is 3. The molecule has 0 aliphatic carbocycles. The van der Waals surface area contributed by atoms with Crippen molar-refractivity contribution in [1.29, 1.82) is 0 Å². The highest BCUT2D eigenvalue weighted by atomic mass is 16.3. The average molecular weight is 258 g/mol. The highest BCUT2D eigenvalue weighted by Gasteiger charge is 2.13. The molecule has 0 saturated heterocycles. The summed E-state index contributed by atoms with van der Waals surface area (Å²) < 4.78 is 0. The van der Waals surface area contributed by atoms with Gasteiger partial charge in [-0.25, -0.2) is 0 Å². The fourth-order valence-corrected chi connectivity index (χ4v) is 2.41.